The molecule has 0 amide bonds. The van der Waals surface area contributed by atoms with Crippen LogP contribution in [0.3, 0.4) is 0 Å². The minimum absolute atomic E-state index is 0.153. The summed E-state index contributed by atoms with van der Waals surface area (Å²) in [5.41, 5.74) is 6.03. The standard InChI is InChI=1S/C12H12FN3O2S/c1-8-3-2-4-12(15-8)16-19(17,18)11-6-5-9(13)7-10(11)14/h2-7H,14H2,1H3,(H,15,16). The van der Waals surface area contributed by atoms with E-state index >= 15 is 0 Å². The van der Waals surface area contributed by atoms with E-state index in [1.54, 1.807) is 19.1 Å². The van der Waals surface area contributed by atoms with Crippen molar-refractivity contribution in [1.29, 1.82) is 0 Å². The van der Waals surface area contributed by atoms with Crippen LogP contribution in [-0.4, -0.2) is 13.4 Å². The van der Waals surface area contributed by atoms with E-state index in [1.165, 1.54) is 6.07 Å². The number of nitrogens with two attached hydrogens (primary N) is 1. The van der Waals surface area contributed by atoms with Gasteiger partial charge in [0.15, 0.2) is 0 Å². The average molecular weight is 281 g/mol. The van der Waals surface area contributed by atoms with Gasteiger partial charge in [0.1, 0.15) is 16.5 Å². The molecule has 1 heterocycles. The second-order valence-corrected chi connectivity index (χ2v) is 5.60. The van der Waals surface area contributed by atoms with Crippen LogP contribution in [0.4, 0.5) is 15.9 Å². The molecule has 2 aromatic rings. The van der Waals surface area contributed by atoms with Gasteiger partial charge in [-0.05, 0) is 37.3 Å². The monoisotopic (exact) mass is 281 g/mol. The lowest BCUT2D eigenvalue weighted by molar-refractivity contribution is 0.600. The van der Waals surface area contributed by atoms with Gasteiger partial charge in [-0.15, -0.1) is 0 Å². The normalized spacial score (nSPS) is 11.3. The molecular weight excluding hydrogens is 269 g/mol. The Bertz CT molecular complexity index is 717. The second-order valence-electron chi connectivity index (χ2n) is 3.95. The molecule has 0 bridgehead atoms. The summed E-state index contributed by atoms with van der Waals surface area (Å²) in [7, 11) is -3.88. The number of aryl methyl sites for hydroxylation is 1. The van der Waals surface area contributed by atoms with E-state index in [2.05, 4.69) is 9.71 Å². The molecule has 1 aromatic heterocycles. The van der Waals surface area contributed by atoms with Gasteiger partial charge in [0, 0.05) is 5.69 Å². The highest BCUT2D eigenvalue weighted by Crippen LogP contribution is 2.21. The van der Waals surface area contributed by atoms with E-state index in [0.717, 1.165) is 18.2 Å². The van der Waals surface area contributed by atoms with Gasteiger partial charge in [-0.1, -0.05) is 6.07 Å². The molecule has 0 aliphatic heterocycles. The molecule has 0 aliphatic rings. The predicted molar refractivity (Wildman–Crippen MR) is 70.6 cm³/mol. The highest BCUT2D eigenvalue weighted by Gasteiger charge is 2.18. The summed E-state index contributed by atoms with van der Waals surface area (Å²) in [5.74, 6) is -0.408. The molecule has 0 unspecified atom stereocenters. The molecule has 0 atom stereocenters. The first-order chi connectivity index (χ1) is 8.88. The van der Waals surface area contributed by atoms with E-state index in [-0.39, 0.29) is 16.4 Å². The number of nitrogen functional groups attached to an aromatic ring is 1. The first kappa shape index (κ1) is 13.3. The zero-order chi connectivity index (χ0) is 14.0. The summed E-state index contributed by atoms with van der Waals surface area (Å²) in [6, 6.07) is 8.04. The van der Waals surface area contributed by atoms with Crippen molar-refractivity contribution in [1.82, 2.24) is 4.98 Å². The van der Waals surface area contributed by atoms with E-state index in [1.807, 2.05) is 0 Å². The summed E-state index contributed by atoms with van der Waals surface area (Å²) in [6.07, 6.45) is 0. The molecule has 7 heteroatoms. The number of sulfonamides is 1. The fourth-order valence-corrected chi connectivity index (χ4v) is 2.67. The van der Waals surface area contributed by atoms with E-state index in [4.69, 9.17) is 5.73 Å². The summed E-state index contributed by atoms with van der Waals surface area (Å²) < 4.78 is 39.4. The quantitative estimate of drug-likeness (QED) is 0.842. The first-order valence-corrected chi connectivity index (χ1v) is 6.88. The van der Waals surface area contributed by atoms with Gasteiger partial charge in [-0.25, -0.2) is 17.8 Å². The van der Waals surface area contributed by atoms with Crippen molar-refractivity contribution in [3.8, 4) is 0 Å². The SMILES string of the molecule is Cc1cccc(NS(=O)(=O)c2ccc(F)cc2N)n1. The molecule has 2 rings (SSSR count). The van der Waals surface area contributed by atoms with Crippen LogP contribution in [0.5, 0.6) is 0 Å². The molecule has 0 spiro atoms. The summed E-state index contributed by atoms with van der Waals surface area (Å²) in [4.78, 5) is 3.84. The Morgan fingerprint density at radius 3 is 2.63 bits per heavy atom. The van der Waals surface area contributed by atoms with E-state index < -0.39 is 15.8 Å². The fourth-order valence-electron chi connectivity index (χ4n) is 1.56. The Labute approximate surface area is 110 Å². The van der Waals surface area contributed by atoms with Crippen LogP contribution in [0.2, 0.25) is 0 Å². The Morgan fingerprint density at radius 2 is 2.00 bits per heavy atom. The molecule has 0 saturated carbocycles. The molecule has 0 aliphatic carbocycles. The highest BCUT2D eigenvalue weighted by molar-refractivity contribution is 7.92. The number of hydrogen-bond acceptors (Lipinski definition) is 4. The van der Waals surface area contributed by atoms with Crippen LogP contribution >= 0.6 is 0 Å². The largest absolute Gasteiger partial charge is 0.398 e. The second kappa shape index (κ2) is 4.85. The van der Waals surface area contributed by atoms with Gasteiger partial charge < -0.3 is 5.73 Å². The Morgan fingerprint density at radius 1 is 1.26 bits per heavy atom. The molecular formula is C12H12FN3O2S. The van der Waals surface area contributed by atoms with Crippen LogP contribution in [-0.2, 0) is 10.0 Å². The maximum Gasteiger partial charge on any atom is 0.265 e. The molecule has 1 aromatic carbocycles. The van der Waals surface area contributed by atoms with Gasteiger partial charge in [0.2, 0.25) is 0 Å². The number of halogens is 1. The number of hydrogen-bond donors (Lipinski definition) is 2. The van der Waals surface area contributed by atoms with Crippen molar-refractivity contribution >= 4 is 21.5 Å². The number of anilines is 2. The topological polar surface area (TPSA) is 85.1 Å². The van der Waals surface area contributed by atoms with E-state index in [0.29, 0.717) is 5.69 Å². The predicted octanol–water partition coefficient (Wildman–Crippen LogP) is 1.91. The Hall–Kier alpha value is -2.15. The lowest BCUT2D eigenvalue weighted by atomic mass is 10.3. The van der Waals surface area contributed by atoms with Crippen LogP contribution in [0.1, 0.15) is 5.69 Å². The van der Waals surface area contributed by atoms with Crippen LogP contribution < -0.4 is 10.5 Å². The minimum atomic E-state index is -3.88. The molecule has 100 valence electrons. The number of benzene rings is 1. The molecule has 19 heavy (non-hydrogen) atoms. The number of nitrogens with one attached hydrogen (secondary N) is 1. The molecule has 0 saturated heterocycles. The smallest absolute Gasteiger partial charge is 0.265 e. The van der Waals surface area contributed by atoms with Gasteiger partial charge in [0.25, 0.3) is 10.0 Å². The molecule has 5 nitrogen and oxygen atoms in total. The Kier molecular flexibility index (Phi) is 3.39. The van der Waals surface area contributed by atoms with Crippen molar-refractivity contribution in [2.45, 2.75) is 11.8 Å². The summed E-state index contributed by atoms with van der Waals surface area (Å²) in [5, 5.41) is 0. The number of nitrogens with zero attached hydrogens (tertiary/aromatic N) is 1. The number of rotatable bonds is 3. The van der Waals surface area contributed by atoms with Gasteiger partial charge in [-0.3, -0.25) is 4.72 Å². The van der Waals surface area contributed by atoms with Crippen LogP contribution in [0, 0.1) is 12.7 Å². The van der Waals surface area contributed by atoms with Gasteiger partial charge in [-0.2, -0.15) is 0 Å². The first-order valence-electron chi connectivity index (χ1n) is 5.40. The maximum absolute atomic E-state index is 12.9. The zero-order valence-corrected chi connectivity index (χ0v) is 10.9. The van der Waals surface area contributed by atoms with E-state index in [9.17, 15) is 12.8 Å². The van der Waals surface area contributed by atoms with Crippen molar-refractivity contribution < 1.29 is 12.8 Å². The van der Waals surface area contributed by atoms with Gasteiger partial charge in [0.05, 0.1) is 5.69 Å². The summed E-state index contributed by atoms with van der Waals surface area (Å²) >= 11 is 0. The van der Waals surface area contributed by atoms with Crippen LogP contribution in [0.15, 0.2) is 41.3 Å². The van der Waals surface area contributed by atoms with Gasteiger partial charge >= 0.3 is 0 Å². The van der Waals surface area contributed by atoms with Crippen molar-refractivity contribution in [3.63, 3.8) is 0 Å². The third-order valence-corrected chi connectivity index (χ3v) is 3.82. The van der Waals surface area contributed by atoms with Crippen molar-refractivity contribution in [2.24, 2.45) is 0 Å². The highest BCUT2D eigenvalue weighted by atomic mass is 32.2. The minimum Gasteiger partial charge on any atom is -0.398 e. The zero-order valence-electron chi connectivity index (χ0n) is 10.1. The molecule has 0 fully saturated rings. The van der Waals surface area contributed by atoms with Crippen LogP contribution in [0.25, 0.3) is 0 Å². The average Bonchev–Trinajstić information content (AvgIpc) is 2.27. The summed E-state index contributed by atoms with van der Waals surface area (Å²) in [6.45, 7) is 1.74. The lowest BCUT2D eigenvalue weighted by Crippen LogP contribution is -2.15. The molecule has 3 N–H and O–H groups in total. The third kappa shape index (κ3) is 3.00. The molecule has 0 radical (unpaired) electrons. The number of aromatic nitrogens is 1. The number of pyridine rings is 1. The Balaban J connectivity index is 2.38. The maximum atomic E-state index is 12.9. The fraction of sp³-hybridized carbons (Fsp3) is 0.0833. The van der Waals surface area contributed by atoms with Crippen molar-refractivity contribution in [3.05, 3.63) is 47.9 Å². The third-order valence-electron chi connectivity index (χ3n) is 2.39. The lowest BCUT2D eigenvalue weighted by Gasteiger charge is -2.09. The van der Waals surface area contributed by atoms with Crippen molar-refractivity contribution in [2.75, 3.05) is 10.5 Å².